The molecule has 0 unspecified atom stereocenters. The normalized spacial score (nSPS) is 34.7. The van der Waals surface area contributed by atoms with Crippen LogP contribution in [-0.4, -0.2) is 30.2 Å². The van der Waals surface area contributed by atoms with Crippen LogP contribution in [-0.2, 0) is 9.59 Å². The van der Waals surface area contributed by atoms with Crippen molar-refractivity contribution in [3.8, 4) is 0 Å². The minimum Gasteiger partial charge on any atom is -0.352 e. The van der Waals surface area contributed by atoms with E-state index < -0.39 is 0 Å². The van der Waals surface area contributed by atoms with Crippen LogP contribution in [0.1, 0.15) is 51.9 Å². The van der Waals surface area contributed by atoms with E-state index in [2.05, 4.69) is 12.2 Å². The first-order chi connectivity index (χ1) is 13.5. The second-order valence-corrected chi connectivity index (χ2v) is 10.8. The molecule has 4 saturated carbocycles. The van der Waals surface area contributed by atoms with Gasteiger partial charge in [0.05, 0.1) is 5.69 Å². The molecule has 0 radical (unpaired) electrons. The van der Waals surface area contributed by atoms with Crippen LogP contribution in [0.5, 0.6) is 0 Å². The van der Waals surface area contributed by atoms with Gasteiger partial charge in [0.25, 0.3) is 0 Å². The van der Waals surface area contributed by atoms with Crippen LogP contribution in [0.3, 0.4) is 0 Å². The molecule has 1 aromatic carbocycles. The molecule has 1 N–H and O–H groups in total. The summed E-state index contributed by atoms with van der Waals surface area (Å²) in [6.45, 7) is 2.34. The van der Waals surface area contributed by atoms with Gasteiger partial charge in [-0.05, 0) is 80.8 Å². The molecule has 4 aliphatic carbocycles. The molecule has 6 rings (SSSR count). The van der Waals surface area contributed by atoms with Crippen molar-refractivity contribution in [3.05, 3.63) is 24.3 Å². The Hall–Kier alpha value is -1.49. The Morgan fingerprint density at radius 2 is 1.82 bits per heavy atom. The van der Waals surface area contributed by atoms with Gasteiger partial charge in [-0.15, -0.1) is 11.8 Å². The van der Waals surface area contributed by atoms with E-state index in [0.717, 1.165) is 34.1 Å². The van der Waals surface area contributed by atoms with E-state index in [1.165, 1.54) is 38.5 Å². The summed E-state index contributed by atoms with van der Waals surface area (Å²) in [5.41, 5.74) is 1.17. The van der Waals surface area contributed by atoms with Crippen LogP contribution < -0.4 is 10.2 Å². The molecule has 1 aromatic rings. The summed E-state index contributed by atoms with van der Waals surface area (Å²) in [5, 5.41) is 3.32. The van der Waals surface area contributed by atoms with Crippen LogP contribution in [0.15, 0.2) is 29.2 Å². The number of nitrogens with zero attached hydrogens (tertiary/aromatic N) is 1. The van der Waals surface area contributed by atoms with E-state index in [0.29, 0.717) is 11.8 Å². The number of anilines is 1. The van der Waals surface area contributed by atoms with Crippen molar-refractivity contribution in [2.75, 3.05) is 17.2 Å². The fraction of sp³-hybridized carbons (Fsp3) is 0.652. The van der Waals surface area contributed by atoms with Gasteiger partial charge in [0.2, 0.25) is 11.8 Å². The zero-order valence-electron chi connectivity index (χ0n) is 16.7. The summed E-state index contributed by atoms with van der Waals surface area (Å²) in [5.74, 6) is 3.44. The van der Waals surface area contributed by atoms with E-state index in [4.69, 9.17) is 0 Å². The zero-order chi connectivity index (χ0) is 19.3. The first-order valence-electron chi connectivity index (χ1n) is 10.8. The maximum Gasteiger partial charge on any atom is 0.240 e. The number of hydrogen-bond acceptors (Lipinski definition) is 3. The Balaban J connectivity index is 1.29. The summed E-state index contributed by atoms with van der Waals surface area (Å²) in [7, 11) is 0. The topological polar surface area (TPSA) is 49.4 Å². The quantitative estimate of drug-likeness (QED) is 0.825. The molecule has 1 heterocycles. The van der Waals surface area contributed by atoms with Gasteiger partial charge in [-0.25, -0.2) is 0 Å². The van der Waals surface area contributed by atoms with Crippen LogP contribution in [0, 0.1) is 23.2 Å². The first-order valence-corrected chi connectivity index (χ1v) is 11.8. The molecule has 0 aromatic heterocycles. The number of nitrogens with one attached hydrogen (secondary N) is 1. The maximum atomic E-state index is 13.0. The number of fused-ring (bicyclic) bond motifs is 1. The number of rotatable bonds is 4. The van der Waals surface area contributed by atoms with Crippen LogP contribution in [0.25, 0.3) is 0 Å². The largest absolute Gasteiger partial charge is 0.352 e. The van der Waals surface area contributed by atoms with Crippen molar-refractivity contribution < 1.29 is 9.59 Å². The number of hydrogen-bond donors (Lipinski definition) is 1. The number of carbonyl (C=O) groups is 2. The lowest BCUT2D eigenvalue weighted by molar-refractivity contribution is -0.126. The second kappa shape index (κ2) is 7.08. The Kier molecular flexibility index (Phi) is 4.69. The van der Waals surface area contributed by atoms with E-state index in [1.54, 1.807) is 16.7 Å². The SMILES string of the molecule is C[C@@H](NC(=O)CN1C(=O)CCSc2ccccc21)C12CC3CC(CC(C3)C1)C2. The molecule has 1 atom stereocenters. The molecule has 4 bridgehead atoms. The third-order valence-electron chi connectivity index (χ3n) is 7.71. The van der Waals surface area contributed by atoms with E-state index in [9.17, 15) is 9.59 Å². The third-order valence-corrected chi connectivity index (χ3v) is 8.78. The van der Waals surface area contributed by atoms with Crippen LogP contribution in [0.2, 0.25) is 0 Å². The Morgan fingerprint density at radius 3 is 2.50 bits per heavy atom. The molecule has 5 aliphatic rings. The molecule has 150 valence electrons. The second-order valence-electron chi connectivity index (χ2n) is 9.62. The number of benzene rings is 1. The highest BCUT2D eigenvalue weighted by Gasteiger charge is 2.53. The number of amides is 2. The highest BCUT2D eigenvalue weighted by molar-refractivity contribution is 7.99. The third kappa shape index (κ3) is 3.26. The highest BCUT2D eigenvalue weighted by atomic mass is 32.2. The predicted molar refractivity (Wildman–Crippen MR) is 112 cm³/mol. The van der Waals surface area contributed by atoms with Gasteiger partial charge in [-0.3, -0.25) is 9.59 Å². The van der Waals surface area contributed by atoms with Gasteiger partial charge in [0.1, 0.15) is 6.54 Å². The van der Waals surface area contributed by atoms with Gasteiger partial charge < -0.3 is 10.2 Å². The minimum absolute atomic E-state index is 0.0155. The van der Waals surface area contributed by atoms with Crippen molar-refractivity contribution in [1.82, 2.24) is 5.32 Å². The van der Waals surface area contributed by atoms with Crippen molar-refractivity contribution in [3.63, 3.8) is 0 Å². The summed E-state index contributed by atoms with van der Waals surface area (Å²) >= 11 is 1.70. The smallest absolute Gasteiger partial charge is 0.240 e. The van der Waals surface area contributed by atoms with Crippen molar-refractivity contribution in [1.29, 1.82) is 0 Å². The van der Waals surface area contributed by atoms with Crippen molar-refractivity contribution in [2.24, 2.45) is 23.2 Å². The summed E-state index contributed by atoms with van der Waals surface area (Å²) in [4.78, 5) is 28.4. The average Bonchev–Trinajstić information content (AvgIpc) is 2.80. The van der Waals surface area contributed by atoms with Gasteiger partial charge in [-0.1, -0.05) is 12.1 Å². The van der Waals surface area contributed by atoms with Gasteiger partial charge in [0, 0.05) is 23.1 Å². The van der Waals surface area contributed by atoms with Gasteiger partial charge in [-0.2, -0.15) is 0 Å². The van der Waals surface area contributed by atoms with Crippen LogP contribution in [0.4, 0.5) is 5.69 Å². The van der Waals surface area contributed by atoms with Crippen molar-refractivity contribution in [2.45, 2.75) is 62.8 Å². The molecule has 28 heavy (non-hydrogen) atoms. The molecular weight excluding hydrogens is 368 g/mol. The lowest BCUT2D eigenvalue weighted by Gasteiger charge is -2.59. The first kappa shape index (κ1) is 18.5. The van der Waals surface area contributed by atoms with Crippen molar-refractivity contribution >= 4 is 29.3 Å². The van der Waals surface area contributed by atoms with E-state index >= 15 is 0 Å². The fourth-order valence-electron chi connectivity index (χ4n) is 6.78. The molecular formula is C23H30N2O2S. The average molecular weight is 399 g/mol. The fourth-order valence-corrected chi connectivity index (χ4v) is 7.78. The van der Waals surface area contributed by atoms with E-state index in [-0.39, 0.29) is 24.4 Å². The highest BCUT2D eigenvalue weighted by Crippen LogP contribution is 2.61. The zero-order valence-corrected chi connectivity index (χ0v) is 17.5. The standard InChI is InChI=1S/C23H30N2O2S/c1-15(23-11-16-8-17(12-23)10-18(9-16)13-23)24-21(26)14-25-19-4-2-3-5-20(19)28-7-6-22(25)27/h2-5,15-18H,6-14H2,1H3,(H,24,26)/t15-,16?,17?,18?,23?/m1/s1. The molecule has 2 amide bonds. The van der Waals surface area contributed by atoms with Crippen LogP contribution >= 0.6 is 11.8 Å². The minimum atomic E-state index is -0.0155. The molecule has 0 spiro atoms. The Bertz CT molecular complexity index is 757. The Morgan fingerprint density at radius 1 is 1.18 bits per heavy atom. The monoisotopic (exact) mass is 398 g/mol. The lowest BCUT2D eigenvalue weighted by atomic mass is 9.48. The molecule has 0 saturated heterocycles. The predicted octanol–water partition coefficient (Wildman–Crippen LogP) is 4.24. The number of carbonyl (C=O) groups excluding carboxylic acids is 2. The number of thioether (sulfide) groups is 1. The number of para-hydroxylation sites is 1. The summed E-state index contributed by atoms with van der Waals surface area (Å²) in [6, 6.07) is 8.14. The summed E-state index contributed by atoms with van der Waals surface area (Å²) < 4.78 is 0. The maximum absolute atomic E-state index is 13.0. The Labute approximate surface area is 171 Å². The molecule has 4 fully saturated rings. The van der Waals surface area contributed by atoms with Gasteiger partial charge in [0.15, 0.2) is 0 Å². The van der Waals surface area contributed by atoms with E-state index in [1.807, 2.05) is 24.3 Å². The van der Waals surface area contributed by atoms with Gasteiger partial charge >= 0.3 is 0 Å². The lowest BCUT2D eigenvalue weighted by Crippen LogP contribution is -2.57. The molecule has 4 nitrogen and oxygen atoms in total. The molecule has 5 heteroatoms. The molecule has 1 aliphatic heterocycles. The summed E-state index contributed by atoms with van der Waals surface area (Å²) in [6.07, 6.45) is 8.56.